The molecule has 0 fully saturated rings. The fraction of sp³-hybridized carbons (Fsp3) is 0.600. The van der Waals surface area contributed by atoms with E-state index in [0.29, 0.717) is 0 Å². The Hall–Kier alpha value is -0.590. The van der Waals surface area contributed by atoms with Crippen LogP contribution in [0, 0.1) is 12.8 Å². The van der Waals surface area contributed by atoms with Gasteiger partial charge in [-0.1, -0.05) is 18.7 Å². The van der Waals surface area contributed by atoms with Crippen LogP contribution in [-0.4, -0.2) is 33.5 Å². The quantitative estimate of drug-likeness (QED) is 0.764. The summed E-state index contributed by atoms with van der Waals surface area (Å²) in [6, 6.07) is 0. The number of aryl methyl sites for hydroxylation is 1. The molecule has 0 saturated carbocycles. The van der Waals surface area contributed by atoms with E-state index in [2.05, 4.69) is 4.98 Å². The van der Waals surface area contributed by atoms with E-state index in [9.17, 15) is 4.79 Å². The molecule has 1 unspecified atom stereocenters. The fourth-order valence-electron chi connectivity index (χ4n) is 1.03. The van der Waals surface area contributed by atoms with Crippen LogP contribution in [0.15, 0.2) is 4.34 Å². The Labute approximate surface area is 103 Å². The number of aromatic nitrogens is 1. The number of aliphatic hydroxyl groups excluding tert-OH is 1. The molecule has 16 heavy (non-hydrogen) atoms. The van der Waals surface area contributed by atoms with Crippen molar-refractivity contribution in [2.75, 3.05) is 12.4 Å². The number of aliphatic hydroxyl groups is 1. The second kappa shape index (κ2) is 6.22. The highest BCUT2D eigenvalue weighted by molar-refractivity contribution is 8.01. The molecular formula is C10H15NO3S2. The van der Waals surface area contributed by atoms with Gasteiger partial charge in [-0.3, -0.25) is 4.79 Å². The highest BCUT2D eigenvalue weighted by atomic mass is 32.2. The van der Waals surface area contributed by atoms with Gasteiger partial charge in [-0.15, -0.1) is 11.3 Å². The molecule has 1 aromatic heterocycles. The smallest absolute Gasteiger partial charge is 0.308 e. The van der Waals surface area contributed by atoms with E-state index < -0.39 is 5.97 Å². The Kier molecular flexibility index (Phi) is 5.24. The lowest BCUT2D eigenvalue weighted by Crippen LogP contribution is -2.02. The molecule has 0 aliphatic rings. The first-order valence-electron chi connectivity index (χ1n) is 4.94. The van der Waals surface area contributed by atoms with Gasteiger partial charge in [0.25, 0.3) is 0 Å². The molecular weight excluding hydrogens is 246 g/mol. The zero-order chi connectivity index (χ0) is 12.1. The molecule has 0 radical (unpaired) electrons. The van der Waals surface area contributed by atoms with Crippen molar-refractivity contribution in [3.05, 3.63) is 10.6 Å². The predicted molar refractivity (Wildman–Crippen MR) is 65.2 cm³/mol. The van der Waals surface area contributed by atoms with Crippen molar-refractivity contribution in [2.45, 2.75) is 24.6 Å². The highest BCUT2D eigenvalue weighted by Gasteiger charge is 2.12. The topological polar surface area (TPSA) is 70.4 Å². The van der Waals surface area contributed by atoms with Gasteiger partial charge in [-0.25, -0.2) is 4.98 Å². The molecule has 1 aromatic rings. The normalized spacial score (nSPS) is 12.7. The molecule has 4 nitrogen and oxygen atoms in total. The van der Waals surface area contributed by atoms with E-state index in [1.165, 1.54) is 11.3 Å². The number of hydrogen-bond donors (Lipinski definition) is 2. The van der Waals surface area contributed by atoms with Gasteiger partial charge < -0.3 is 10.2 Å². The number of aliphatic carboxylic acids is 1. The van der Waals surface area contributed by atoms with Gasteiger partial charge in [-0.2, -0.15) is 0 Å². The molecule has 1 rings (SSSR count). The first kappa shape index (κ1) is 13.5. The minimum Gasteiger partial charge on any atom is -0.481 e. The van der Waals surface area contributed by atoms with Crippen molar-refractivity contribution in [2.24, 2.45) is 5.92 Å². The number of rotatable bonds is 6. The van der Waals surface area contributed by atoms with Gasteiger partial charge >= 0.3 is 5.97 Å². The van der Waals surface area contributed by atoms with Crippen molar-refractivity contribution in [1.82, 2.24) is 4.98 Å². The summed E-state index contributed by atoms with van der Waals surface area (Å²) in [5.74, 6) is 0.208. The molecule has 0 saturated heterocycles. The van der Waals surface area contributed by atoms with Crippen LogP contribution in [-0.2, 0) is 11.2 Å². The molecule has 0 aliphatic carbocycles. The van der Waals surface area contributed by atoms with E-state index >= 15 is 0 Å². The summed E-state index contributed by atoms with van der Waals surface area (Å²) in [6.07, 6.45) is 0.0413. The average molecular weight is 261 g/mol. The number of hydrogen-bond acceptors (Lipinski definition) is 5. The largest absolute Gasteiger partial charge is 0.481 e. The third kappa shape index (κ3) is 4.11. The van der Waals surface area contributed by atoms with Crippen molar-refractivity contribution in [3.8, 4) is 0 Å². The highest BCUT2D eigenvalue weighted by Crippen LogP contribution is 2.28. The first-order chi connectivity index (χ1) is 7.52. The van der Waals surface area contributed by atoms with E-state index in [0.717, 1.165) is 20.7 Å². The van der Waals surface area contributed by atoms with Crippen LogP contribution in [0.4, 0.5) is 0 Å². The van der Waals surface area contributed by atoms with Crippen molar-refractivity contribution >= 4 is 29.1 Å². The van der Waals surface area contributed by atoms with E-state index in [1.54, 1.807) is 11.8 Å². The zero-order valence-corrected chi connectivity index (χ0v) is 10.9. The van der Waals surface area contributed by atoms with Crippen LogP contribution in [0.1, 0.15) is 17.5 Å². The number of carbonyl (C=O) groups is 1. The van der Waals surface area contributed by atoms with Crippen LogP contribution in [0.3, 0.4) is 0 Å². The summed E-state index contributed by atoms with van der Waals surface area (Å²) in [7, 11) is 0. The summed E-state index contributed by atoms with van der Waals surface area (Å²) in [5.41, 5.74) is 0.798. The SMILES string of the molecule is Cc1nc(SCC(C)CO)sc1CC(=O)O. The first-order valence-corrected chi connectivity index (χ1v) is 6.75. The third-order valence-electron chi connectivity index (χ3n) is 1.99. The van der Waals surface area contributed by atoms with Crippen LogP contribution in [0.2, 0.25) is 0 Å². The van der Waals surface area contributed by atoms with Crippen LogP contribution in [0.5, 0.6) is 0 Å². The van der Waals surface area contributed by atoms with Gasteiger partial charge in [0.15, 0.2) is 0 Å². The lowest BCUT2D eigenvalue weighted by atomic mass is 10.2. The number of thioether (sulfide) groups is 1. The molecule has 6 heteroatoms. The maximum atomic E-state index is 10.6. The molecule has 1 heterocycles. The van der Waals surface area contributed by atoms with E-state index in [-0.39, 0.29) is 18.9 Å². The minimum atomic E-state index is -0.827. The van der Waals surface area contributed by atoms with Crippen molar-refractivity contribution in [3.63, 3.8) is 0 Å². The second-order valence-electron chi connectivity index (χ2n) is 3.66. The maximum Gasteiger partial charge on any atom is 0.308 e. The van der Waals surface area contributed by atoms with E-state index in [4.69, 9.17) is 10.2 Å². The molecule has 0 bridgehead atoms. The monoisotopic (exact) mass is 261 g/mol. The molecule has 0 aliphatic heterocycles. The van der Waals surface area contributed by atoms with Crippen molar-refractivity contribution < 1.29 is 15.0 Å². The van der Waals surface area contributed by atoms with Crippen molar-refractivity contribution in [1.29, 1.82) is 0 Å². The zero-order valence-electron chi connectivity index (χ0n) is 9.27. The molecule has 2 N–H and O–H groups in total. The van der Waals surface area contributed by atoms with Gasteiger partial charge in [0.05, 0.1) is 12.1 Å². The summed E-state index contributed by atoms with van der Waals surface area (Å²) in [4.78, 5) is 15.7. The Morgan fingerprint density at radius 2 is 2.31 bits per heavy atom. The molecule has 0 amide bonds. The summed E-state index contributed by atoms with van der Waals surface area (Å²) >= 11 is 3.00. The average Bonchev–Trinajstić information content (AvgIpc) is 2.55. The summed E-state index contributed by atoms with van der Waals surface area (Å²) in [5, 5.41) is 17.6. The summed E-state index contributed by atoms with van der Waals surface area (Å²) < 4.78 is 0.883. The maximum absolute atomic E-state index is 10.6. The standard InChI is InChI=1S/C10H15NO3S2/c1-6(4-12)5-15-10-11-7(2)8(16-10)3-9(13)14/h6,12H,3-5H2,1-2H3,(H,13,14). The molecule has 90 valence electrons. The lowest BCUT2D eigenvalue weighted by molar-refractivity contribution is -0.136. The number of carboxylic acids is 1. The van der Waals surface area contributed by atoms with Crippen LogP contribution >= 0.6 is 23.1 Å². The van der Waals surface area contributed by atoms with Gasteiger partial charge in [0.2, 0.25) is 0 Å². The predicted octanol–water partition coefficient (Wildman–Crippen LogP) is 1.80. The number of thiazole rings is 1. The van der Waals surface area contributed by atoms with Crippen LogP contribution in [0.25, 0.3) is 0 Å². The second-order valence-corrected chi connectivity index (χ2v) is 6.01. The number of carboxylic acid groups (broad SMARTS) is 1. The van der Waals surface area contributed by atoms with E-state index in [1.807, 2.05) is 13.8 Å². The Morgan fingerprint density at radius 3 is 2.88 bits per heavy atom. The van der Waals surface area contributed by atoms with Gasteiger partial charge in [0.1, 0.15) is 4.34 Å². The Morgan fingerprint density at radius 1 is 1.62 bits per heavy atom. The minimum absolute atomic E-state index is 0.0413. The molecule has 0 aromatic carbocycles. The third-order valence-corrected chi connectivity index (χ3v) is 4.62. The van der Waals surface area contributed by atoms with Gasteiger partial charge in [0, 0.05) is 17.2 Å². The van der Waals surface area contributed by atoms with Crippen LogP contribution < -0.4 is 0 Å². The van der Waals surface area contributed by atoms with Gasteiger partial charge in [-0.05, 0) is 12.8 Å². The fourth-order valence-corrected chi connectivity index (χ4v) is 3.29. The Balaban J connectivity index is 2.58. The summed E-state index contributed by atoms with van der Waals surface area (Å²) in [6.45, 7) is 3.96. The molecule has 0 spiro atoms. The number of nitrogens with zero attached hydrogens (tertiary/aromatic N) is 1. The molecule has 1 atom stereocenters. The lowest BCUT2D eigenvalue weighted by Gasteiger charge is -2.03. The Bertz CT molecular complexity index is 365.